The highest BCUT2D eigenvalue weighted by Gasteiger charge is 2.34. The van der Waals surface area contributed by atoms with Gasteiger partial charge in [0.05, 0.1) is 16.9 Å². The maximum atomic E-state index is 12.6. The fraction of sp³-hybridized carbons (Fsp3) is 0.192. The average molecular weight is 432 g/mol. The van der Waals surface area contributed by atoms with Crippen molar-refractivity contribution in [2.45, 2.75) is 25.2 Å². The van der Waals surface area contributed by atoms with Gasteiger partial charge in [-0.1, -0.05) is 48.5 Å². The quantitative estimate of drug-likeness (QED) is 0.463. The molecule has 0 atom stereocenters. The second kappa shape index (κ2) is 7.91. The molecule has 0 unspecified atom stereocenters. The van der Waals surface area contributed by atoms with Crippen LogP contribution in [0.5, 0.6) is 0 Å². The van der Waals surface area contributed by atoms with E-state index in [0.717, 1.165) is 33.2 Å². The highest BCUT2D eigenvalue weighted by Crippen LogP contribution is 2.38. The van der Waals surface area contributed by atoms with Gasteiger partial charge in [0.25, 0.3) is 0 Å². The van der Waals surface area contributed by atoms with E-state index in [-0.39, 0.29) is 6.61 Å². The summed E-state index contributed by atoms with van der Waals surface area (Å²) in [6.45, 7) is 3.42. The molecule has 1 N–H and O–H groups in total. The van der Waals surface area contributed by atoms with Crippen LogP contribution in [-0.4, -0.2) is 24.8 Å². The first-order valence-electron chi connectivity index (χ1n) is 10.1. The number of sulfone groups is 1. The molecule has 3 aromatic carbocycles. The zero-order chi connectivity index (χ0) is 22.2. The van der Waals surface area contributed by atoms with Crippen LogP contribution < -0.4 is 0 Å². The van der Waals surface area contributed by atoms with E-state index in [1.54, 1.807) is 20.0 Å². The predicted molar refractivity (Wildman–Crippen MR) is 126 cm³/mol. The van der Waals surface area contributed by atoms with Crippen molar-refractivity contribution >= 4 is 20.7 Å². The second-order valence-electron chi connectivity index (χ2n) is 8.28. The summed E-state index contributed by atoms with van der Waals surface area (Å²) in [7, 11) is -3.37. The number of aliphatic hydroxyl groups is 1. The van der Waals surface area contributed by atoms with Gasteiger partial charge >= 0.3 is 0 Å². The lowest BCUT2D eigenvalue weighted by Gasteiger charge is -2.25. The van der Waals surface area contributed by atoms with Crippen molar-refractivity contribution in [2.24, 2.45) is 0 Å². The smallest absolute Gasteiger partial charge is 0.156 e. The van der Waals surface area contributed by atoms with E-state index in [1.165, 1.54) is 6.26 Å². The number of pyridine rings is 1. The standard InChI is InChI=1S/C26H25NO3S/c1-26(2,31(3,29)30)24-16-22(15-20-11-7-13-27-25(20)24)18-9-6-10-19(14-18)23-12-5-4-8-21(23)17-28/h4-16,28H,17H2,1-3H3. The van der Waals surface area contributed by atoms with Gasteiger partial charge in [-0.2, -0.15) is 0 Å². The van der Waals surface area contributed by atoms with Crippen LogP contribution >= 0.6 is 0 Å². The zero-order valence-corrected chi connectivity index (χ0v) is 18.6. The van der Waals surface area contributed by atoms with Gasteiger partial charge < -0.3 is 5.11 Å². The van der Waals surface area contributed by atoms with Crippen molar-refractivity contribution in [3.05, 3.63) is 90.1 Å². The lowest BCUT2D eigenvalue weighted by molar-refractivity contribution is 0.282. The Morgan fingerprint density at radius 2 is 1.61 bits per heavy atom. The molecule has 1 aromatic heterocycles. The molecule has 0 aliphatic heterocycles. The summed E-state index contributed by atoms with van der Waals surface area (Å²) in [6.07, 6.45) is 2.96. The molecule has 0 aliphatic rings. The molecule has 0 spiro atoms. The van der Waals surface area contributed by atoms with E-state index in [1.807, 2.05) is 66.7 Å². The lowest BCUT2D eigenvalue weighted by atomic mass is 9.91. The molecule has 0 saturated carbocycles. The molecule has 4 rings (SSSR count). The van der Waals surface area contributed by atoms with Crippen molar-refractivity contribution in [1.29, 1.82) is 0 Å². The molecule has 158 valence electrons. The number of aliphatic hydroxyl groups excluding tert-OH is 1. The molecule has 0 saturated heterocycles. The topological polar surface area (TPSA) is 67.3 Å². The first kappa shape index (κ1) is 21.2. The zero-order valence-electron chi connectivity index (χ0n) is 17.8. The minimum absolute atomic E-state index is 0.0330. The van der Waals surface area contributed by atoms with Crippen LogP contribution in [0.4, 0.5) is 0 Å². The van der Waals surface area contributed by atoms with Gasteiger partial charge in [0.2, 0.25) is 0 Å². The molecule has 31 heavy (non-hydrogen) atoms. The fourth-order valence-corrected chi connectivity index (χ4v) is 4.38. The summed E-state index contributed by atoms with van der Waals surface area (Å²) in [5, 5.41) is 10.6. The third-order valence-electron chi connectivity index (χ3n) is 5.98. The Bertz CT molecular complexity index is 1370. The van der Waals surface area contributed by atoms with Crippen LogP contribution in [0, 0.1) is 0 Å². The fourth-order valence-electron chi connectivity index (χ4n) is 3.82. The summed E-state index contributed by atoms with van der Waals surface area (Å²) < 4.78 is 24.1. The molecule has 4 aromatic rings. The number of hydrogen-bond acceptors (Lipinski definition) is 4. The lowest BCUT2D eigenvalue weighted by Crippen LogP contribution is -2.28. The summed E-state index contributed by atoms with van der Waals surface area (Å²) >= 11 is 0. The predicted octanol–water partition coefficient (Wildman–Crippen LogP) is 5.34. The van der Waals surface area contributed by atoms with E-state index in [0.29, 0.717) is 11.1 Å². The van der Waals surface area contributed by atoms with Crippen molar-refractivity contribution < 1.29 is 13.5 Å². The molecular weight excluding hydrogens is 406 g/mol. The number of aromatic nitrogens is 1. The minimum atomic E-state index is -3.37. The van der Waals surface area contributed by atoms with Crippen molar-refractivity contribution in [3.8, 4) is 22.3 Å². The minimum Gasteiger partial charge on any atom is -0.392 e. The molecule has 1 heterocycles. The summed E-state index contributed by atoms with van der Waals surface area (Å²) in [4.78, 5) is 4.49. The molecule has 0 radical (unpaired) electrons. The second-order valence-corrected chi connectivity index (χ2v) is 10.8. The van der Waals surface area contributed by atoms with Gasteiger partial charge in [-0.05, 0) is 71.5 Å². The van der Waals surface area contributed by atoms with E-state index in [9.17, 15) is 13.5 Å². The molecule has 0 bridgehead atoms. The van der Waals surface area contributed by atoms with Gasteiger partial charge in [-0.25, -0.2) is 8.42 Å². The Balaban J connectivity index is 1.94. The Morgan fingerprint density at radius 1 is 0.871 bits per heavy atom. The van der Waals surface area contributed by atoms with Gasteiger partial charge in [-0.15, -0.1) is 0 Å². The van der Waals surface area contributed by atoms with Crippen LogP contribution in [0.25, 0.3) is 33.2 Å². The maximum absolute atomic E-state index is 12.6. The molecule has 5 heteroatoms. The van der Waals surface area contributed by atoms with E-state index in [4.69, 9.17) is 0 Å². The number of rotatable bonds is 5. The summed E-state index contributed by atoms with van der Waals surface area (Å²) in [5.41, 5.74) is 6.12. The summed E-state index contributed by atoms with van der Waals surface area (Å²) in [6, 6.07) is 23.7. The van der Waals surface area contributed by atoms with E-state index >= 15 is 0 Å². The monoisotopic (exact) mass is 431 g/mol. The largest absolute Gasteiger partial charge is 0.392 e. The van der Waals surface area contributed by atoms with Crippen LogP contribution in [0.15, 0.2) is 79.0 Å². The normalized spacial score (nSPS) is 12.3. The third-order valence-corrected chi connectivity index (χ3v) is 8.05. The Hall–Kier alpha value is -3.02. The average Bonchev–Trinajstić information content (AvgIpc) is 2.77. The van der Waals surface area contributed by atoms with Crippen molar-refractivity contribution in [3.63, 3.8) is 0 Å². The Labute approximate surface area is 183 Å². The molecule has 4 nitrogen and oxygen atoms in total. The van der Waals surface area contributed by atoms with Gasteiger partial charge in [0, 0.05) is 17.8 Å². The maximum Gasteiger partial charge on any atom is 0.156 e. The third kappa shape index (κ3) is 3.87. The van der Waals surface area contributed by atoms with Crippen LogP contribution in [0.1, 0.15) is 25.0 Å². The van der Waals surface area contributed by atoms with Gasteiger partial charge in [0.15, 0.2) is 9.84 Å². The molecule has 0 amide bonds. The van der Waals surface area contributed by atoms with Crippen molar-refractivity contribution in [2.75, 3.05) is 6.26 Å². The van der Waals surface area contributed by atoms with Crippen LogP contribution in [-0.2, 0) is 21.2 Å². The molecule has 0 aliphatic carbocycles. The van der Waals surface area contributed by atoms with Crippen LogP contribution in [0.2, 0.25) is 0 Å². The van der Waals surface area contributed by atoms with Crippen molar-refractivity contribution in [1.82, 2.24) is 4.98 Å². The van der Waals surface area contributed by atoms with Gasteiger partial charge in [0.1, 0.15) is 0 Å². The number of nitrogens with zero attached hydrogens (tertiary/aromatic N) is 1. The van der Waals surface area contributed by atoms with Gasteiger partial charge in [-0.3, -0.25) is 4.98 Å². The van der Waals surface area contributed by atoms with E-state index < -0.39 is 14.6 Å². The number of hydrogen-bond donors (Lipinski definition) is 1. The SMILES string of the molecule is CC(C)(c1cc(-c2cccc(-c3ccccc3CO)c2)cc2cccnc12)S(C)(=O)=O. The summed E-state index contributed by atoms with van der Waals surface area (Å²) in [5.74, 6) is 0. The highest BCUT2D eigenvalue weighted by molar-refractivity contribution is 7.91. The Morgan fingerprint density at radius 3 is 2.35 bits per heavy atom. The van der Waals surface area contributed by atoms with Crippen LogP contribution in [0.3, 0.4) is 0 Å². The number of benzene rings is 3. The highest BCUT2D eigenvalue weighted by atomic mass is 32.2. The number of fused-ring (bicyclic) bond motifs is 1. The van der Waals surface area contributed by atoms with E-state index in [2.05, 4.69) is 11.1 Å². The Kier molecular flexibility index (Phi) is 5.42. The first-order valence-corrected chi connectivity index (χ1v) is 12.0. The first-order chi connectivity index (χ1) is 14.7. The molecule has 0 fully saturated rings. The molecular formula is C26H25NO3S.